The summed E-state index contributed by atoms with van der Waals surface area (Å²) in [4.78, 5) is 4.46. The Morgan fingerprint density at radius 3 is 2.94 bits per heavy atom. The van der Waals surface area contributed by atoms with Crippen LogP contribution in [-0.2, 0) is 0 Å². The van der Waals surface area contributed by atoms with Gasteiger partial charge in [0.2, 0.25) is 0 Å². The predicted octanol–water partition coefficient (Wildman–Crippen LogP) is 3.61. The monoisotopic (exact) mass is 295 g/mol. The van der Waals surface area contributed by atoms with E-state index in [1.165, 1.54) is 0 Å². The Bertz CT molecular complexity index is 705. The zero-order valence-electron chi connectivity index (χ0n) is 8.41. The Balaban J connectivity index is 2.57. The highest BCUT2D eigenvalue weighted by Crippen LogP contribution is 2.24. The molecular weight excluding hydrogens is 289 g/mol. The predicted molar refractivity (Wildman–Crippen MR) is 67.9 cm³/mol. The zero-order valence-corrected chi connectivity index (χ0v) is 10.7. The van der Waals surface area contributed by atoms with E-state index in [0.29, 0.717) is 5.15 Å². The lowest BCUT2D eigenvalue weighted by molar-refractivity contribution is 0.946. The zero-order chi connectivity index (χ0) is 11.3. The van der Waals surface area contributed by atoms with Crippen molar-refractivity contribution >= 4 is 44.1 Å². The molecule has 1 aromatic carbocycles. The van der Waals surface area contributed by atoms with Crippen LogP contribution in [0, 0.1) is 6.92 Å². The summed E-state index contributed by atoms with van der Waals surface area (Å²) in [5.74, 6) is 0. The first-order chi connectivity index (χ1) is 7.65. The molecule has 0 spiro atoms. The summed E-state index contributed by atoms with van der Waals surface area (Å²) < 4.78 is 2.67. The van der Waals surface area contributed by atoms with Crippen molar-refractivity contribution in [2.24, 2.45) is 0 Å². The molecule has 3 rings (SSSR count). The minimum Gasteiger partial charge on any atom is -0.233 e. The van der Waals surface area contributed by atoms with Gasteiger partial charge in [-0.1, -0.05) is 27.5 Å². The van der Waals surface area contributed by atoms with Gasteiger partial charge in [0, 0.05) is 15.6 Å². The Hall–Kier alpha value is -1.13. The van der Waals surface area contributed by atoms with Crippen molar-refractivity contribution in [1.29, 1.82) is 0 Å². The summed E-state index contributed by atoms with van der Waals surface area (Å²) in [5.41, 5.74) is 2.57. The fourth-order valence-corrected chi connectivity index (χ4v) is 2.37. The van der Waals surface area contributed by atoms with E-state index in [-0.39, 0.29) is 0 Å². The highest BCUT2D eigenvalue weighted by atomic mass is 79.9. The molecule has 16 heavy (non-hydrogen) atoms. The van der Waals surface area contributed by atoms with Crippen molar-refractivity contribution in [1.82, 2.24) is 14.6 Å². The van der Waals surface area contributed by atoms with Gasteiger partial charge in [-0.15, -0.1) is 0 Å². The van der Waals surface area contributed by atoms with E-state index in [0.717, 1.165) is 26.7 Å². The summed E-state index contributed by atoms with van der Waals surface area (Å²) in [6.45, 7) is 1.92. The molecule has 0 saturated heterocycles. The Kier molecular flexibility index (Phi) is 2.16. The van der Waals surface area contributed by atoms with Crippen LogP contribution >= 0.6 is 27.5 Å². The van der Waals surface area contributed by atoms with Crippen LogP contribution in [0.3, 0.4) is 0 Å². The van der Waals surface area contributed by atoms with E-state index in [1.807, 2.05) is 25.1 Å². The first kappa shape index (κ1) is 10.1. The highest BCUT2D eigenvalue weighted by molar-refractivity contribution is 9.10. The van der Waals surface area contributed by atoms with E-state index in [1.54, 1.807) is 10.6 Å². The Morgan fingerprint density at radius 2 is 2.12 bits per heavy atom. The first-order valence-corrected chi connectivity index (χ1v) is 5.93. The minimum atomic E-state index is 0.579. The normalized spacial score (nSPS) is 11.4. The van der Waals surface area contributed by atoms with E-state index in [4.69, 9.17) is 11.6 Å². The van der Waals surface area contributed by atoms with Gasteiger partial charge in [-0.3, -0.25) is 0 Å². The third-order valence-electron chi connectivity index (χ3n) is 2.42. The molecule has 0 bridgehead atoms. The van der Waals surface area contributed by atoms with Gasteiger partial charge in [0.15, 0.2) is 5.65 Å². The van der Waals surface area contributed by atoms with Crippen LogP contribution in [0.2, 0.25) is 5.15 Å². The van der Waals surface area contributed by atoms with Crippen molar-refractivity contribution in [2.75, 3.05) is 0 Å². The quantitative estimate of drug-likeness (QED) is 0.593. The van der Waals surface area contributed by atoms with Crippen molar-refractivity contribution in [3.05, 3.63) is 39.6 Å². The van der Waals surface area contributed by atoms with Gasteiger partial charge in [0.25, 0.3) is 0 Å². The molecule has 0 saturated carbocycles. The van der Waals surface area contributed by atoms with Gasteiger partial charge in [0.05, 0.1) is 5.52 Å². The number of rotatable bonds is 0. The van der Waals surface area contributed by atoms with Crippen molar-refractivity contribution in [3.8, 4) is 0 Å². The van der Waals surface area contributed by atoms with E-state index < -0.39 is 0 Å². The third-order valence-corrected chi connectivity index (χ3v) is 3.18. The van der Waals surface area contributed by atoms with Gasteiger partial charge in [-0.05, 0) is 31.2 Å². The van der Waals surface area contributed by atoms with E-state index in [9.17, 15) is 0 Å². The molecule has 0 aliphatic heterocycles. The molecule has 3 nitrogen and oxygen atoms in total. The van der Waals surface area contributed by atoms with Crippen molar-refractivity contribution in [3.63, 3.8) is 0 Å². The lowest BCUT2D eigenvalue weighted by Gasteiger charge is -1.97. The van der Waals surface area contributed by atoms with Gasteiger partial charge >= 0.3 is 0 Å². The molecule has 80 valence electrons. The maximum absolute atomic E-state index is 6.12. The number of hydrogen-bond donors (Lipinski definition) is 0. The van der Waals surface area contributed by atoms with Gasteiger partial charge < -0.3 is 0 Å². The highest BCUT2D eigenvalue weighted by Gasteiger charge is 2.09. The van der Waals surface area contributed by atoms with Crippen molar-refractivity contribution in [2.45, 2.75) is 6.92 Å². The average molecular weight is 297 g/mol. The average Bonchev–Trinajstić information content (AvgIpc) is 2.57. The Morgan fingerprint density at radius 1 is 1.31 bits per heavy atom. The van der Waals surface area contributed by atoms with Crippen LogP contribution in [0.25, 0.3) is 16.6 Å². The van der Waals surface area contributed by atoms with Crippen LogP contribution in [0.1, 0.15) is 5.69 Å². The maximum atomic E-state index is 6.12. The number of hydrogen-bond acceptors (Lipinski definition) is 2. The molecule has 3 aromatic rings. The molecule has 0 N–H and O–H groups in total. The van der Waals surface area contributed by atoms with Gasteiger partial charge in [0.1, 0.15) is 5.15 Å². The molecule has 0 aliphatic carbocycles. The second kappa shape index (κ2) is 3.43. The molecule has 2 heterocycles. The van der Waals surface area contributed by atoms with Crippen LogP contribution < -0.4 is 0 Å². The number of aryl methyl sites for hydroxylation is 1. The molecule has 0 fully saturated rings. The largest absolute Gasteiger partial charge is 0.233 e. The second-order valence-electron chi connectivity index (χ2n) is 3.62. The summed E-state index contributed by atoms with van der Waals surface area (Å²) in [6, 6.07) is 7.70. The fourth-order valence-electron chi connectivity index (χ4n) is 1.73. The van der Waals surface area contributed by atoms with E-state index in [2.05, 4.69) is 26.0 Å². The van der Waals surface area contributed by atoms with Crippen LogP contribution in [0.15, 0.2) is 28.7 Å². The topological polar surface area (TPSA) is 30.2 Å². The molecule has 2 aromatic heterocycles. The molecule has 0 atom stereocenters. The van der Waals surface area contributed by atoms with Crippen LogP contribution in [0.4, 0.5) is 0 Å². The number of nitrogens with zero attached hydrogens (tertiary/aromatic N) is 3. The number of aromatic nitrogens is 3. The van der Waals surface area contributed by atoms with E-state index >= 15 is 0 Å². The molecule has 0 radical (unpaired) electrons. The lowest BCUT2D eigenvalue weighted by atomic mass is 10.2. The summed E-state index contributed by atoms with van der Waals surface area (Å²) in [5, 5.41) is 5.98. The molecule has 5 heteroatoms. The van der Waals surface area contributed by atoms with Crippen molar-refractivity contribution < 1.29 is 0 Å². The summed E-state index contributed by atoms with van der Waals surface area (Å²) >= 11 is 9.56. The maximum Gasteiger partial charge on any atom is 0.164 e. The fraction of sp³-hybridized carbons (Fsp3) is 0.0909. The number of halogens is 2. The second-order valence-corrected chi connectivity index (χ2v) is 4.92. The van der Waals surface area contributed by atoms with Gasteiger partial charge in [-0.25, -0.2) is 9.50 Å². The Labute approximate surface area is 105 Å². The lowest BCUT2D eigenvalue weighted by Crippen LogP contribution is -1.93. The summed E-state index contributed by atoms with van der Waals surface area (Å²) in [7, 11) is 0. The molecule has 0 amide bonds. The van der Waals surface area contributed by atoms with Gasteiger partial charge in [-0.2, -0.15) is 5.10 Å². The summed E-state index contributed by atoms with van der Waals surface area (Å²) in [6.07, 6.45) is 0. The number of benzene rings is 1. The smallest absolute Gasteiger partial charge is 0.164 e. The molecular formula is C11H7BrClN3. The van der Waals surface area contributed by atoms with Crippen LogP contribution in [-0.4, -0.2) is 14.6 Å². The molecule has 0 unspecified atom stereocenters. The SMILES string of the molecule is Cc1cc(Cl)n2nc3ccc(Br)cc3c2n1. The molecule has 0 aliphatic rings. The third kappa shape index (κ3) is 1.41. The standard InChI is InChI=1S/C11H7BrClN3/c1-6-4-10(13)16-11(14-6)8-5-7(12)2-3-9(8)15-16/h2-5H,1H3. The minimum absolute atomic E-state index is 0.579. The van der Waals surface area contributed by atoms with Crippen LogP contribution in [0.5, 0.6) is 0 Å². The first-order valence-electron chi connectivity index (χ1n) is 4.76. The number of fused-ring (bicyclic) bond motifs is 3.